The molecule has 0 aromatic carbocycles. The summed E-state index contributed by atoms with van der Waals surface area (Å²) in [6.07, 6.45) is 1.83. The number of nitrogens with zero attached hydrogens (tertiary/aromatic N) is 2. The van der Waals surface area contributed by atoms with E-state index in [0.717, 1.165) is 32.4 Å². The molecule has 0 radical (unpaired) electrons. The smallest absolute Gasteiger partial charge is 0.336 e. The summed E-state index contributed by atoms with van der Waals surface area (Å²) in [6.45, 7) is 4.03. The van der Waals surface area contributed by atoms with Crippen LogP contribution in [0.4, 0.5) is 0 Å². The second-order valence-electron chi connectivity index (χ2n) is 4.72. The van der Waals surface area contributed by atoms with Crippen LogP contribution < -0.4 is 0 Å². The van der Waals surface area contributed by atoms with E-state index < -0.39 is 5.97 Å². The normalized spacial score (nSPS) is 10.8. The number of thiophene rings is 1. The molecule has 21 heavy (non-hydrogen) atoms. The van der Waals surface area contributed by atoms with Gasteiger partial charge in [0.1, 0.15) is 10.7 Å². The van der Waals surface area contributed by atoms with Gasteiger partial charge in [-0.15, -0.1) is 22.7 Å². The number of aromatic carboxylic acids is 1. The SMILES string of the molecule is Cc1cnc(-c2nc(-c3cc(C(=O)O)cs3)cs2)c(C)c1. The van der Waals surface area contributed by atoms with Gasteiger partial charge in [-0.25, -0.2) is 9.78 Å². The van der Waals surface area contributed by atoms with E-state index in [1.807, 2.05) is 25.4 Å². The average molecular weight is 316 g/mol. The van der Waals surface area contributed by atoms with Crippen molar-refractivity contribution in [3.63, 3.8) is 0 Å². The van der Waals surface area contributed by atoms with Gasteiger partial charge >= 0.3 is 5.97 Å². The van der Waals surface area contributed by atoms with E-state index in [2.05, 4.69) is 16.0 Å². The van der Waals surface area contributed by atoms with Gasteiger partial charge in [0.2, 0.25) is 0 Å². The number of aryl methyl sites for hydroxylation is 2. The fourth-order valence-corrected chi connectivity index (χ4v) is 3.81. The maximum atomic E-state index is 10.9. The molecular weight excluding hydrogens is 304 g/mol. The van der Waals surface area contributed by atoms with E-state index in [-0.39, 0.29) is 0 Å². The van der Waals surface area contributed by atoms with Gasteiger partial charge in [0, 0.05) is 17.0 Å². The van der Waals surface area contributed by atoms with Crippen molar-refractivity contribution in [1.82, 2.24) is 9.97 Å². The molecule has 4 nitrogen and oxygen atoms in total. The van der Waals surface area contributed by atoms with Crippen molar-refractivity contribution in [2.24, 2.45) is 0 Å². The molecule has 0 spiro atoms. The minimum absolute atomic E-state index is 0.300. The Morgan fingerprint density at radius 2 is 2.00 bits per heavy atom. The maximum absolute atomic E-state index is 10.9. The molecule has 1 N–H and O–H groups in total. The Bertz CT molecular complexity index is 821. The lowest BCUT2D eigenvalue weighted by Crippen LogP contribution is -1.91. The lowest BCUT2D eigenvalue weighted by molar-refractivity contribution is 0.0697. The van der Waals surface area contributed by atoms with E-state index in [9.17, 15) is 4.79 Å². The molecule has 0 amide bonds. The summed E-state index contributed by atoms with van der Waals surface area (Å²) >= 11 is 2.91. The molecule has 3 heterocycles. The Labute approximate surface area is 129 Å². The molecule has 0 aliphatic carbocycles. The number of aromatic nitrogens is 2. The van der Waals surface area contributed by atoms with Crippen molar-refractivity contribution < 1.29 is 9.90 Å². The van der Waals surface area contributed by atoms with Crippen molar-refractivity contribution in [3.8, 4) is 21.3 Å². The van der Waals surface area contributed by atoms with Crippen LogP contribution in [-0.4, -0.2) is 21.0 Å². The van der Waals surface area contributed by atoms with E-state index in [4.69, 9.17) is 5.11 Å². The predicted molar refractivity (Wildman–Crippen MR) is 85.1 cm³/mol. The molecule has 0 atom stereocenters. The van der Waals surface area contributed by atoms with Gasteiger partial charge in [-0.2, -0.15) is 0 Å². The number of hydrogen-bond donors (Lipinski definition) is 1. The van der Waals surface area contributed by atoms with Gasteiger partial charge in [0.25, 0.3) is 0 Å². The molecule has 0 bridgehead atoms. The monoisotopic (exact) mass is 316 g/mol. The molecule has 3 aromatic rings. The molecule has 0 fully saturated rings. The van der Waals surface area contributed by atoms with Crippen molar-refractivity contribution in [1.29, 1.82) is 0 Å². The zero-order valence-electron chi connectivity index (χ0n) is 11.5. The standard InChI is InChI=1S/C15H12N2O2S2/c1-8-3-9(2)13(16-5-8)14-17-11(7-21-14)12-4-10(6-20-12)15(18)19/h3-7H,1-2H3,(H,18,19). The van der Waals surface area contributed by atoms with Crippen molar-refractivity contribution in [2.45, 2.75) is 13.8 Å². The molecule has 106 valence electrons. The Kier molecular flexibility index (Phi) is 3.57. The molecule has 3 rings (SSSR count). The van der Waals surface area contributed by atoms with Gasteiger partial charge in [-0.05, 0) is 31.0 Å². The first-order valence-electron chi connectivity index (χ1n) is 6.26. The second kappa shape index (κ2) is 5.38. The fraction of sp³-hybridized carbons (Fsp3) is 0.133. The zero-order valence-corrected chi connectivity index (χ0v) is 13.1. The van der Waals surface area contributed by atoms with Crippen molar-refractivity contribution in [3.05, 3.63) is 45.8 Å². The quantitative estimate of drug-likeness (QED) is 0.784. The summed E-state index contributed by atoms with van der Waals surface area (Å²) in [5.74, 6) is -0.913. The molecule has 0 unspecified atom stereocenters. The lowest BCUT2D eigenvalue weighted by Gasteiger charge is -2.01. The number of carboxylic acids is 1. The topological polar surface area (TPSA) is 63.1 Å². The fourth-order valence-electron chi connectivity index (χ4n) is 2.02. The minimum atomic E-state index is -0.913. The van der Waals surface area contributed by atoms with Crippen LogP contribution in [-0.2, 0) is 0 Å². The van der Waals surface area contributed by atoms with Crippen molar-refractivity contribution >= 4 is 28.6 Å². The highest BCUT2D eigenvalue weighted by Gasteiger charge is 2.13. The first kappa shape index (κ1) is 13.9. The van der Waals surface area contributed by atoms with Crippen LogP contribution in [0.25, 0.3) is 21.3 Å². The first-order chi connectivity index (χ1) is 10.0. The average Bonchev–Trinajstić information content (AvgIpc) is 3.07. The number of pyridine rings is 1. The Hall–Kier alpha value is -2.05. The first-order valence-corrected chi connectivity index (χ1v) is 8.02. The molecular formula is C15H12N2O2S2. The third-order valence-electron chi connectivity index (χ3n) is 3.02. The van der Waals surface area contributed by atoms with E-state index >= 15 is 0 Å². The van der Waals surface area contributed by atoms with Gasteiger partial charge in [0.05, 0.1) is 16.1 Å². The summed E-state index contributed by atoms with van der Waals surface area (Å²) in [6, 6.07) is 3.73. The third kappa shape index (κ3) is 2.72. The number of carboxylic acid groups (broad SMARTS) is 1. The number of rotatable bonds is 3. The summed E-state index contributed by atoms with van der Waals surface area (Å²) in [4.78, 5) is 20.8. The van der Waals surface area contributed by atoms with E-state index in [1.54, 1.807) is 11.4 Å². The molecule has 6 heteroatoms. The number of thiazole rings is 1. The second-order valence-corrected chi connectivity index (χ2v) is 6.49. The van der Waals surface area contributed by atoms with Gasteiger partial charge in [-0.3, -0.25) is 4.98 Å². The Balaban J connectivity index is 1.97. The van der Waals surface area contributed by atoms with Crippen LogP contribution in [0.2, 0.25) is 0 Å². The number of hydrogen-bond acceptors (Lipinski definition) is 5. The van der Waals surface area contributed by atoms with Crippen molar-refractivity contribution in [2.75, 3.05) is 0 Å². The maximum Gasteiger partial charge on any atom is 0.336 e. The molecule has 3 aromatic heterocycles. The van der Waals surface area contributed by atoms with Gasteiger partial charge in [-0.1, -0.05) is 6.07 Å². The molecule has 0 aliphatic rings. The van der Waals surface area contributed by atoms with E-state index in [1.165, 1.54) is 22.7 Å². The summed E-state index contributed by atoms with van der Waals surface area (Å²) in [7, 11) is 0. The van der Waals surface area contributed by atoms with Crippen LogP contribution in [0.3, 0.4) is 0 Å². The Morgan fingerprint density at radius 1 is 1.19 bits per heavy atom. The largest absolute Gasteiger partial charge is 0.478 e. The third-order valence-corrected chi connectivity index (χ3v) is 4.82. The summed E-state index contributed by atoms with van der Waals surface area (Å²) in [5, 5.41) is 13.4. The highest BCUT2D eigenvalue weighted by Crippen LogP contribution is 2.32. The summed E-state index contributed by atoms with van der Waals surface area (Å²) in [5.41, 5.74) is 4.20. The number of carbonyl (C=O) groups is 1. The molecule has 0 saturated heterocycles. The summed E-state index contributed by atoms with van der Waals surface area (Å²) < 4.78 is 0. The molecule has 0 saturated carbocycles. The van der Waals surface area contributed by atoms with Gasteiger partial charge < -0.3 is 5.11 Å². The van der Waals surface area contributed by atoms with Crippen LogP contribution in [0.5, 0.6) is 0 Å². The van der Waals surface area contributed by atoms with Crippen LogP contribution in [0.15, 0.2) is 29.1 Å². The highest BCUT2D eigenvalue weighted by molar-refractivity contribution is 7.15. The zero-order chi connectivity index (χ0) is 15.0. The van der Waals surface area contributed by atoms with E-state index in [0.29, 0.717) is 5.56 Å². The van der Waals surface area contributed by atoms with Crippen LogP contribution in [0, 0.1) is 13.8 Å². The van der Waals surface area contributed by atoms with Crippen LogP contribution in [0.1, 0.15) is 21.5 Å². The van der Waals surface area contributed by atoms with Gasteiger partial charge in [0.15, 0.2) is 0 Å². The van der Waals surface area contributed by atoms with Crippen LogP contribution >= 0.6 is 22.7 Å². The molecule has 0 aliphatic heterocycles. The predicted octanol–water partition coefficient (Wildman–Crippen LogP) is 4.25. The lowest BCUT2D eigenvalue weighted by atomic mass is 10.2. The highest BCUT2D eigenvalue weighted by atomic mass is 32.1. The minimum Gasteiger partial charge on any atom is -0.478 e. The Morgan fingerprint density at radius 3 is 2.67 bits per heavy atom.